The molecule has 0 aromatic carbocycles. The van der Waals surface area contributed by atoms with Crippen molar-refractivity contribution in [3.8, 4) is 0 Å². The zero-order valence-corrected chi connectivity index (χ0v) is 7.55. The summed E-state index contributed by atoms with van der Waals surface area (Å²) in [6, 6.07) is 0.345. The highest BCUT2D eigenvalue weighted by Gasteiger charge is 2.17. The van der Waals surface area contributed by atoms with Crippen molar-refractivity contribution in [1.82, 2.24) is 10.2 Å². The molecule has 4 heteroatoms. The van der Waals surface area contributed by atoms with Crippen molar-refractivity contribution in [3.05, 3.63) is 0 Å². The van der Waals surface area contributed by atoms with E-state index < -0.39 is 0 Å². The Kier molecular flexibility index (Phi) is 3.49. The highest BCUT2D eigenvalue weighted by molar-refractivity contribution is 5.78. The lowest BCUT2D eigenvalue weighted by molar-refractivity contribution is -0.120. The van der Waals surface area contributed by atoms with Crippen LogP contribution in [-0.4, -0.2) is 43.5 Å². The third-order valence-electron chi connectivity index (χ3n) is 2.27. The number of nitrogens with one attached hydrogen (secondary N) is 1. The molecule has 0 radical (unpaired) electrons. The third-order valence-corrected chi connectivity index (χ3v) is 2.27. The zero-order chi connectivity index (χ0) is 8.97. The number of likely N-dealkylation sites (tertiary alicyclic amines) is 1. The number of nitrogens with zero attached hydrogens (tertiary/aromatic N) is 1. The van der Waals surface area contributed by atoms with E-state index in [1.54, 1.807) is 0 Å². The van der Waals surface area contributed by atoms with Crippen molar-refractivity contribution in [2.75, 3.05) is 26.7 Å². The lowest BCUT2D eigenvalue weighted by atomic mass is 10.1. The number of piperidine rings is 1. The number of rotatable bonds is 2. The molecule has 12 heavy (non-hydrogen) atoms. The molecule has 1 aliphatic rings. The van der Waals surface area contributed by atoms with E-state index in [-0.39, 0.29) is 12.5 Å². The van der Waals surface area contributed by atoms with Gasteiger partial charge < -0.3 is 16.0 Å². The fourth-order valence-electron chi connectivity index (χ4n) is 1.44. The fourth-order valence-corrected chi connectivity index (χ4v) is 1.44. The standard InChI is InChI=1S/C8H17N3O/c1-11-4-2-7(3-5-11)10-8(12)6-9/h7H,2-6,9H2,1H3,(H,10,12). The fraction of sp³-hybridized carbons (Fsp3) is 0.875. The Morgan fingerprint density at radius 3 is 2.67 bits per heavy atom. The Balaban J connectivity index is 2.21. The molecule has 0 spiro atoms. The molecule has 3 N–H and O–H groups in total. The molecule has 0 bridgehead atoms. The Morgan fingerprint density at radius 1 is 1.58 bits per heavy atom. The van der Waals surface area contributed by atoms with Crippen LogP contribution in [-0.2, 0) is 4.79 Å². The van der Waals surface area contributed by atoms with E-state index in [9.17, 15) is 4.79 Å². The molecule has 0 atom stereocenters. The molecular weight excluding hydrogens is 154 g/mol. The molecule has 0 aromatic heterocycles. The van der Waals surface area contributed by atoms with Crippen molar-refractivity contribution in [2.24, 2.45) is 5.73 Å². The van der Waals surface area contributed by atoms with Gasteiger partial charge in [-0.3, -0.25) is 4.79 Å². The minimum atomic E-state index is -0.0375. The SMILES string of the molecule is CN1CCC(NC(=O)CN)CC1. The van der Waals surface area contributed by atoms with Gasteiger partial charge in [-0.15, -0.1) is 0 Å². The van der Waals surface area contributed by atoms with Crippen molar-refractivity contribution < 1.29 is 4.79 Å². The van der Waals surface area contributed by atoms with E-state index in [4.69, 9.17) is 5.73 Å². The first-order valence-electron chi connectivity index (χ1n) is 4.40. The first-order valence-corrected chi connectivity index (χ1v) is 4.40. The van der Waals surface area contributed by atoms with Gasteiger partial charge in [0.1, 0.15) is 0 Å². The highest BCUT2D eigenvalue weighted by atomic mass is 16.1. The average molecular weight is 171 g/mol. The summed E-state index contributed by atoms with van der Waals surface area (Å²) < 4.78 is 0. The van der Waals surface area contributed by atoms with Crippen molar-refractivity contribution in [2.45, 2.75) is 18.9 Å². The molecule has 1 fully saturated rings. The summed E-state index contributed by atoms with van der Waals surface area (Å²) in [7, 11) is 2.10. The number of carbonyl (C=O) groups is 1. The highest BCUT2D eigenvalue weighted by Crippen LogP contribution is 2.07. The van der Waals surface area contributed by atoms with E-state index >= 15 is 0 Å². The summed E-state index contributed by atoms with van der Waals surface area (Å²) in [5.41, 5.74) is 5.19. The van der Waals surface area contributed by atoms with Gasteiger partial charge >= 0.3 is 0 Å². The van der Waals surface area contributed by atoms with E-state index in [2.05, 4.69) is 17.3 Å². The van der Waals surface area contributed by atoms with Gasteiger partial charge in [0.25, 0.3) is 0 Å². The van der Waals surface area contributed by atoms with Gasteiger partial charge in [-0.1, -0.05) is 0 Å². The smallest absolute Gasteiger partial charge is 0.233 e. The van der Waals surface area contributed by atoms with Crippen LogP contribution in [0.15, 0.2) is 0 Å². The van der Waals surface area contributed by atoms with Gasteiger partial charge in [0.05, 0.1) is 6.54 Å². The maximum absolute atomic E-state index is 10.9. The summed E-state index contributed by atoms with van der Waals surface area (Å²) in [5, 5.41) is 2.90. The third kappa shape index (κ3) is 2.79. The van der Waals surface area contributed by atoms with Gasteiger partial charge in [-0.25, -0.2) is 0 Å². The van der Waals surface area contributed by atoms with E-state index in [1.807, 2.05) is 0 Å². The molecule has 0 saturated carbocycles. The van der Waals surface area contributed by atoms with Gasteiger partial charge in [0.2, 0.25) is 5.91 Å². The lowest BCUT2D eigenvalue weighted by Crippen LogP contribution is -2.45. The van der Waals surface area contributed by atoms with E-state index in [0.717, 1.165) is 25.9 Å². The van der Waals surface area contributed by atoms with Crippen LogP contribution in [0.3, 0.4) is 0 Å². The van der Waals surface area contributed by atoms with Crippen molar-refractivity contribution in [1.29, 1.82) is 0 Å². The van der Waals surface area contributed by atoms with E-state index in [0.29, 0.717) is 6.04 Å². The Labute approximate surface area is 73.1 Å². The molecule has 4 nitrogen and oxygen atoms in total. The van der Waals surface area contributed by atoms with Crippen LogP contribution >= 0.6 is 0 Å². The number of hydrogen-bond acceptors (Lipinski definition) is 3. The molecular formula is C8H17N3O. The van der Waals surface area contributed by atoms with Gasteiger partial charge in [-0.2, -0.15) is 0 Å². The predicted octanol–water partition coefficient (Wildman–Crippen LogP) is -0.844. The molecule has 1 aliphatic heterocycles. The van der Waals surface area contributed by atoms with Crippen molar-refractivity contribution >= 4 is 5.91 Å². The predicted molar refractivity (Wildman–Crippen MR) is 47.7 cm³/mol. The quantitative estimate of drug-likeness (QED) is 0.569. The molecule has 1 saturated heterocycles. The van der Waals surface area contributed by atoms with E-state index in [1.165, 1.54) is 0 Å². The minimum Gasteiger partial charge on any atom is -0.352 e. The first kappa shape index (κ1) is 9.48. The Bertz CT molecular complexity index is 152. The number of nitrogens with two attached hydrogens (primary N) is 1. The molecule has 1 heterocycles. The molecule has 70 valence electrons. The second-order valence-electron chi connectivity index (χ2n) is 3.35. The van der Waals surface area contributed by atoms with Crippen LogP contribution in [0.25, 0.3) is 0 Å². The minimum absolute atomic E-state index is 0.0375. The number of carbonyl (C=O) groups excluding carboxylic acids is 1. The normalized spacial score (nSPS) is 20.8. The summed E-state index contributed by atoms with van der Waals surface area (Å²) in [6.45, 7) is 2.23. The molecule has 0 aliphatic carbocycles. The van der Waals surface area contributed by atoms with Crippen molar-refractivity contribution in [3.63, 3.8) is 0 Å². The maximum Gasteiger partial charge on any atom is 0.233 e. The number of amides is 1. The van der Waals surface area contributed by atoms with Gasteiger partial charge in [0, 0.05) is 6.04 Å². The van der Waals surface area contributed by atoms with Crippen LogP contribution < -0.4 is 11.1 Å². The summed E-state index contributed by atoms with van der Waals surface area (Å²) >= 11 is 0. The average Bonchev–Trinajstić information content (AvgIpc) is 2.09. The van der Waals surface area contributed by atoms with Crippen LogP contribution in [0, 0.1) is 0 Å². The molecule has 0 unspecified atom stereocenters. The maximum atomic E-state index is 10.9. The van der Waals surface area contributed by atoms with Crippen LogP contribution in [0.2, 0.25) is 0 Å². The largest absolute Gasteiger partial charge is 0.352 e. The molecule has 1 amide bonds. The first-order chi connectivity index (χ1) is 5.72. The number of hydrogen-bond donors (Lipinski definition) is 2. The zero-order valence-electron chi connectivity index (χ0n) is 7.55. The van der Waals surface area contributed by atoms with Crippen LogP contribution in [0.1, 0.15) is 12.8 Å². The van der Waals surface area contributed by atoms with Gasteiger partial charge in [-0.05, 0) is 33.0 Å². The van der Waals surface area contributed by atoms with Crippen LogP contribution in [0.5, 0.6) is 0 Å². The monoisotopic (exact) mass is 171 g/mol. The van der Waals surface area contributed by atoms with Crippen LogP contribution in [0.4, 0.5) is 0 Å². The summed E-state index contributed by atoms with van der Waals surface area (Å²) in [4.78, 5) is 13.2. The lowest BCUT2D eigenvalue weighted by Gasteiger charge is -2.29. The molecule has 1 rings (SSSR count). The summed E-state index contributed by atoms with van der Waals surface area (Å²) in [6.07, 6.45) is 2.09. The second kappa shape index (κ2) is 4.42. The summed E-state index contributed by atoms with van der Waals surface area (Å²) in [5.74, 6) is -0.0375. The Morgan fingerprint density at radius 2 is 2.17 bits per heavy atom. The van der Waals surface area contributed by atoms with Gasteiger partial charge in [0.15, 0.2) is 0 Å². The Hall–Kier alpha value is -0.610. The topological polar surface area (TPSA) is 58.4 Å². The molecule has 0 aromatic rings. The second-order valence-corrected chi connectivity index (χ2v) is 3.35.